The third-order valence-corrected chi connectivity index (χ3v) is 4.63. The molecule has 2 bridgehead atoms. The minimum Gasteiger partial charge on any atom is -0.295 e. The lowest BCUT2D eigenvalue weighted by atomic mass is 9.63. The first kappa shape index (κ1) is 12.5. The van der Waals surface area contributed by atoms with Crippen molar-refractivity contribution in [1.29, 1.82) is 0 Å². The molecule has 3 heteroatoms. The van der Waals surface area contributed by atoms with Crippen molar-refractivity contribution in [3.05, 3.63) is 22.8 Å². The highest BCUT2D eigenvalue weighted by Gasteiger charge is 2.47. The Morgan fingerprint density at radius 3 is 2.26 bits per heavy atom. The van der Waals surface area contributed by atoms with Crippen LogP contribution in [-0.4, -0.2) is 17.3 Å². The number of ketones is 3. The first-order valence-electron chi connectivity index (χ1n) is 7.13. The summed E-state index contributed by atoms with van der Waals surface area (Å²) in [5, 5.41) is 0. The molecular formula is C16H18O3. The van der Waals surface area contributed by atoms with Gasteiger partial charge in [0.1, 0.15) is 0 Å². The van der Waals surface area contributed by atoms with E-state index in [0.29, 0.717) is 5.57 Å². The maximum atomic E-state index is 12.2. The summed E-state index contributed by atoms with van der Waals surface area (Å²) in [7, 11) is 0. The summed E-state index contributed by atoms with van der Waals surface area (Å²) in [5.41, 5.74) is 2.82. The van der Waals surface area contributed by atoms with E-state index in [1.807, 2.05) is 0 Å². The first-order chi connectivity index (χ1) is 9.11. The van der Waals surface area contributed by atoms with Crippen LogP contribution in [0.3, 0.4) is 0 Å². The van der Waals surface area contributed by atoms with Gasteiger partial charge in [-0.25, -0.2) is 0 Å². The molecule has 0 saturated carbocycles. The maximum Gasteiger partial charge on any atom is 0.210 e. The second kappa shape index (κ2) is 4.55. The zero-order chi connectivity index (χ0) is 13.6. The second-order valence-electron chi connectivity index (χ2n) is 5.78. The predicted octanol–water partition coefficient (Wildman–Crippen LogP) is 2.55. The summed E-state index contributed by atoms with van der Waals surface area (Å²) in [5.74, 6) is -1.68. The average molecular weight is 258 g/mol. The van der Waals surface area contributed by atoms with Gasteiger partial charge in [-0.2, -0.15) is 0 Å². The third kappa shape index (κ3) is 1.83. The van der Waals surface area contributed by atoms with Gasteiger partial charge in [0.25, 0.3) is 0 Å². The highest BCUT2D eigenvalue weighted by atomic mass is 16.2. The molecule has 0 unspecified atom stereocenters. The molecule has 0 aromatic heterocycles. The molecule has 0 fully saturated rings. The Labute approximate surface area is 112 Å². The van der Waals surface area contributed by atoms with E-state index in [0.717, 1.165) is 36.8 Å². The molecule has 0 saturated heterocycles. The van der Waals surface area contributed by atoms with Gasteiger partial charge in [0.15, 0.2) is 5.78 Å². The molecule has 0 radical (unpaired) electrons. The van der Waals surface area contributed by atoms with Gasteiger partial charge in [0, 0.05) is 5.57 Å². The van der Waals surface area contributed by atoms with Crippen molar-refractivity contribution in [3.63, 3.8) is 0 Å². The van der Waals surface area contributed by atoms with Gasteiger partial charge < -0.3 is 0 Å². The molecule has 4 rings (SSSR count). The summed E-state index contributed by atoms with van der Waals surface area (Å²) in [6.07, 6.45) is 8.07. The van der Waals surface area contributed by atoms with E-state index < -0.39 is 11.8 Å². The number of fused-ring (bicyclic) bond motifs is 1. The minimum absolute atomic E-state index is 0.0653. The van der Waals surface area contributed by atoms with E-state index in [-0.39, 0.29) is 17.3 Å². The quantitative estimate of drug-likeness (QED) is 0.536. The zero-order valence-electron chi connectivity index (χ0n) is 11.2. The van der Waals surface area contributed by atoms with E-state index >= 15 is 0 Å². The summed E-state index contributed by atoms with van der Waals surface area (Å²) in [6.45, 7) is 1.49. The number of hydrogen-bond acceptors (Lipinski definition) is 3. The lowest BCUT2D eigenvalue weighted by Gasteiger charge is -2.38. The molecule has 0 spiro atoms. The normalized spacial score (nSPS) is 30.7. The molecular weight excluding hydrogens is 240 g/mol. The standard InChI is InChI=1S/C16H18O3/c1-9(17)12-8-13-10-6-4-2-3-5-7-11(10)14(12)16(19)15(13)18/h8,13-14H,2-7H2,1H3/t13-,14-/m0/s1. The van der Waals surface area contributed by atoms with Crippen LogP contribution in [0.2, 0.25) is 0 Å². The number of rotatable bonds is 1. The molecule has 4 aliphatic carbocycles. The van der Waals surface area contributed by atoms with Gasteiger partial charge >= 0.3 is 0 Å². The number of carbonyl (C=O) groups is 3. The van der Waals surface area contributed by atoms with Crippen molar-refractivity contribution in [2.24, 2.45) is 11.8 Å². The van der Waals surface area contributed by atoms with Crippen LogP contribution in [0.15, 0.2) is 22.8 Å². The third-order valence-electron chi connectivity index (χ3n) is 4.63. The molecule has 0 N–H and O–H groups in total. The fraction of sp³-hybridized carbons (Fsp3) is 0.562. The Morgan fingerprint density at radius 1 is 1.00 bits per heavy atom. The lowest BCUT2D eigenvalue weighted by molar-refractivity contribution is -0.140. The van der Waals surface area contributed by atoms with E-state index in [2.05, 4.69) is 0 Å². The van der Waals surface area contributed by atoms with Gasteiger partial charge in [-0.05, 0) is 32.6 Å². The van der Waals surface area contributed by atoms with E-state index in [1.54, 1.807) is 6.08 Å². The van der Waals surface area contributed by atoms with Gasteiger partial charge in [-0.15, -0.1) is 0 Å². The van der Waals surface area contributed by atoms with Crippen molar-refractivity contribution in [2.75, 3.05) is 0 Å². The van der Waals surface area contributed by atoms with Crippen LogP contribution in [-0.2, 0) is 14.4 Å². The van der Waals surface area contributed by atoms with Gasteiger partial charge in [0.2, 0.25) is 11.6 Å². The fourth-order valence-corrected chi connectivity index (χ4v) is 3.70. The molecule has 0 aromatic carbocycles. The molecule has 3 nitrogen and oxygen atoms in total. The number of carbonyl (C=O) groups excluding carboxylic acids is 3. The van der Waals surface area contributed by atoms with Crippen LogP contribution in [0.5, 0.6) is 0 Å². The monoisotopic (exact) mass is 258 g/mol. The zero-order valence-corrected chi connectivity index (χ0v) is 11.2. The summed E-state index contributed by atoms with van der Waals surface area (Å²) in [6, 6.07) is 0. The topological polar surface area (TPSA) is 51.2 Å². The van der Waals surface area contributed by atoms with Gasteiger partial charge in [-0.1, -0.05) is 30.1 Å². The highest BCUT2D eigenvalue weighted by Crippen LogP contribution is 2.45. The Kier molecular flexibility index (Phi) is 3.00. The number of allylic oxidation sites excluding steroid dienone is 4. The van der Waals surface area contributed by atoms with Crippen molar-refractivity contribution in [1.82, 2.24) is 0 Å². The average Bonchev–Trinajstić information content (AvgIpc) is 2.34. The highest BCUT2D eigenvalue weighted by molar-refractivity contribution is 6.44. The van der Waals surface area contributed by atoms with Crippen LogP contribution >= 0.6 is 0 Å². The molecule has 100 valence electrons. The van der Waals surface area contributed by atoms with Crippen molar-refractivity contribution in [2.45, 2.75) is 45.4 Å². The van der Waals surface area contributed by atoms with E-state index in [1.165, 1.54) is 19.8 Å². The first-order valence-corrected chi connectivity index (χ1v) is 7.13. The van der Waals surface area contributed by atoms with E-state index in [4.69, 9.17) is 0 Å². The Bertz CT molecular complexity index is 536. The molecule has 2 atom stereocenters. The summed E-state index contributed by atoms with van der Waals surface area (Å²) < 4.78 is 0. The van der Waals surface area contributed by atoms with Crippen LogP contribution in [0.1, 0.15) is 45.4 Å². The van der Waals surface area contributed by atoms with Crippen molar-refractivity contribution in [3.8, 4) is 0 Å². The van der Waals surface area contributed by atoms with E-state index in [9.17, 15) is 14.4 Å². The Hall–Kier alpha value is -1.51. The maximum absolute atomic E-state index is 12.2. The number of hydrogen-bond donors (Lipinski definition) is 0. The van der Waals surface area contributed by atoms with Gasteiger partial charge in [0.05, 0.1) is 11.8 Å². The van der Waals surface area contributed by atoms with Crippen LogP contribution in [0, 0.1) is 11.8 Å². The summed E-state index contributed by atoms with van der Waals surface area (Å²) in [4.78, 5) is 36.0. The Balaban J connectivity index is 2.10. The molecule has 4 aliphatic rings. The van der Waals surface area contributed by atoms with Crippen LogP contribution in [0.4, 0.5) is 0 Å². The van der Waals surface area contributed by atoms with Gasteiger partial charge in [-0.3, -0.25) is 14.4 Å². The SMILES string of the molecule is CC(=O)C1=C[C@@H]2C(=O)C(=O)[C@H]1C1=C2CCCCCC1. The smallest absolute Gasteiger partial charge is 0.210 e. The summed E-state index contributed by atoms with van der Waals surface area (Å²) >= 11 is 0. The second-order valence-corrected chi connectivity index (χ2v) is 5.78. The molecule has 0 aliphatic heterocycles. The molecule has 19 heavy (non-hydrogen) atoms. The van der Waals surface area contributed by atoms with Crippen molar-refractivity contribution < 1.29 is 14.4 Å². The molecule has 0 amide bonds. The minimum atomic E-state index is -0.539. The fourth-order valence-electron chi connectivity index (χ4n) is 3.70. The number of Topliss-reactive ketones (excluding diaryl/α,β-unsaturated/α-hetero) is 3. The van der Waals surface area contributed by atoms with Crippen LogP contribution in [0.25, 0.3) is 0 Å². The Morgan fingerprint density at radius 2 is 1.63 bits per heavy atom. The van der Waals surface area contributed by atoms with Crippen molar-refractivity contribution >= 4 is 17.3 Å². The predicted molar refractivity (Wildman–Crippen MR) is 70.5 cm³/mol. The molecule has 0 heterocycles. The van der Waals surface area contributed by atoms with Crippen LogP contribution < -0.4 is 0 Å². The lowest BCUT2D eigenvalue weighted by Crippen LogP contribution is -2.44. The molecule has 0 aromatic rings. The largest absolute Gasteiger partial charge is 0.295 e.